The van der Waals surface area contributed by atoms with Crippen LogP contribution in [0, 0.1) is 0 Å². The molecule has 0 radical (unpaired) electrons. The molecule has 2 aliphatic heterocycles. The summed E-state index contributed by atoms with van der Waals surface area (Å²) >= 11 is 0. The van der Waals surface area contributed by atoms with Crippen LogP contribution in [0.25, 0.3) is 89.7 Å². The first kappa shape index (κ1) is 77.3. The van der Waals surface area contributed by atoms with Crippen LogP contribution in [0.5, 0.6) is 46.0 Å². The SMILES string of the molecule is C[Si](C)(C)OCOc1ccc(OCO[Si](C)(C)C)c2c1-c1nc-2nc2[n-]c(nc3nc(nc4[n-]c(n1)c1c(OCO[Si](C)(C)C)ccc(OCO[Si](C)(C)C)c41)-c1c(OCO[Si](C)(C)C)ccc(OCO[Si](C)(C)C)c1-3)c1c(OCO[Si](C)(C)C)ccc(OCO[Si](C)(C)C)c21.[Ni+2]. The minimum atomic E-state index is -2.14. The van der Waals surface area contributed by atoms with Crippen molar-refractivity contribution in [1.29, 1.82) is 0 Å². The summed E-state index contributed by atoms with van der Waals surface area (Å²) in [6.07, 6.45) is 0. The second-order valence-electron chi connectivity index (χ2n) is 30.9. The van der Waals surface area contributed by atoms with Crippen molar-refractivity contribution >= 4 is 111 Å². The summed E-state index contributed by atoms with van der Waals surface area (Å²) in [5.74, 6) is 3.42. The molecule has 7 aromatic rings. The molecule has 2 aliphatic rings. The van der Waals surface area contributed by atoms with Gasteiger partial charge < -0.3 is 103 Å². The summed E-state index contributed by atoms with van der Waals surface area (Å²) in [4.78, 5) is 43.4. The van der Waals surface area contributed by atoms with Gasteiger partial charge in [-0.15, -0.1) is 0 Å². The Kier molecular flexibility index (Phi) is 24.2. The first-order valence-corrected chi connectivity index (χ1v) is 59.4. The molecule has 0 amide bonds. The van der Waals surface area contributed by atoms with Gasteiger partial charge in [0.2, 0.25) is 0 Å². The molecule has 0 N–H and O–H groups in total. The van der Waals surface area contributed by atoms with Crippen LogP contribution in [-0.2, 0) is 51.9 Å². The van der Waals surface area contributed by atoms with Crippen LogP contribution in [0.15, 0.2) is 48.5 Å². The van der Waals surface area contributed by atoms with Gasteiger partial charge >= 0.3 is 16.5 Å². The Morgan fingerprint density at radius 1 is 0.227 bits per heavy atom. The van der Waals surface area contributed by atoms with Gasteiger partial charge in [0, 0.05) is 44.1 Å². The number of fused-ring (bicyclic) bond motifs is 20. The van der Waals surface area contributed by atoms with E-state index in [4.69, 9.17) is 113 Å². The fourth-order valence-electron chi connectivity index (χ4n) is 9.05. The second-order valence-corrected chi connectivity index (χ2v) is 67.0. The maximum absolute atomic E-state index is 6.67. The third-order valence-electron chi connectivity index (χ3n) is 13.6. The zero-order valence-corrected chi connectivity index (χ0v) is 69.7. The average molecular weight is 1520 g/mol. The topological polar surface area (TPSA) is 253 Å². The Balaban J connectivity index is 0.0000120. The van der Waals surface area contributed by atoms with Crippen molar-refractivity contribution in [1.82, 2.24) is 39.9 Å². The van der Waals surface area contributed by atoms with E-state index in [0.717, 1.165) is 0 Å². The van der Waals surface area contributed by atoms with Gasteiger partial charge in [-0.2, -0.15) is 0 Å². The van der Waals surface area contributed by atoms with Crippen LogP contribution >= 0.6 is 0 Å². The number of ether oxygens (including phenoxy) is 8. The molecule has 0 spiro atoms. The van der Waals surface area contributed by atoms with Crippen molar-refractivity contribution in [3.63, 3.8) is 0 Å². The molecule has 5 heterocycles. The number of nitrogens with zero attached hydrogens (tertiary/aromatic N) is 8. The van der Waals surface area contributed by atoms with Crippen molar-refractivity contribution in [3.05, 3.63) is 48.5 Å². The molecular formula is C64H96N8NiO16Si8. The number of aromatic nitrogens is 8. The van der Waals surface area contributed by atoms with E-state index in [1.165, 1.54) is 0 Å². The number of rotatable bonds is 32. The standard InChI is InChI=1S/C64H96N8O16Si8.Ni/c1-89(2,3)81-33-73-41-25-26-42(74-34-82-90(4,5)6)50-49(41)57-65-58(50)70-60-53-45(77-37-85-93(13,14)15)29-30-46(78-38-86-94(16,17)18)54(53)62(67-60)72-64-56-48(80-40-88-96(22,23)24)32-31-47(79-39-87-95(19,20)21)55(56)63(68-64)71-61-52-44(76-36-84-92(10,11)12)28-27-43(51(52)59(66-61)69-57)75-35-83-91(7,8)9;/h25-32H,33-40H2,1-24H3;/q-2;+2. The van der Waals surface area contributed by atoms with Crippen molar-refractivity contribution in [2.45, 2.75) is 157 Å². The molecule has 0 fully saturated rings. The maximum Gasteiger partial charge on any atom is 2.00 e. The number of hydrogen-bond donors (Lipinski definition) is 0. The molecule has 0 unspecified atom stereocenters. The van der Waals surface area contributed by atoms with E-state index in [0.29, 0.717) is 89.8 Å². The first-order chi connectivity index (χ1) is 44.6. The predicted octanol–water partition coefficient (Wildman–Crippen LogP) is 15.6. The molecule has 24 nitrogen and oxygen atoms in total. The smallest absolute Gasteiger partial charge is 0.468 e. The van der Waals surface area contributed by atoms with Gasteiger partial charge in [-0.05, 0) is 206 Å². The first-order valence-electron chi connectivity index (χ1n) is 32.1. The second kappa shape index (κ2) is 30.4. The van der Waals surface area contributed by atoms with Crippen LogP contribution in [-0.4, -0.2) is 151 Å². The maximum atomic E-state index is 6.67. The van der Waals surface area contributed by atoms with Gasteiger partial charge in [0.1, 0.15) is 46.0 Å². The van der Waals surface area contributed by atoms with Crippen LogP contribution in [0.2, 0.25) is 157 Å². The van der Waals surface area contributed by atoms with Gasteiger partial charge in [0.25, 0.3) is 0 Å². The van der Waals surface area contributed by atoms with E-state index < -0.39 is 66.5 Å². The molecule has 0 atom stereocenters. The van der Waals surface area contributed by atoms with Gasteiger partial charge in [0.05, 0.1) is 45.6 Å². The van der Waals surface area contributed by atoms with Gasteiger partial charge in [-0.25, -0.2) is 9.97 Å². The van der Waals surface area contributed by atoms with Crippen LogP contribution in [0.4, 0.5) is 0 Å². The van der Waals surface area contributed by atoms with Gasteiger partial charge in [-0.1, -0.05) is 0 Å². The van der Waals surface area contributed by atoms with Crippen molar-refractivity contribution in [2.24, 2.45) is 0 Å². The molecule has 8 bridgehead atoms. The minimum Gasteiger partial charge on any atom is -0.468 e. The molecule has 530 valence electrons. The molecule has 4 aromatic carbocycles. The van der Waals surface area contributed by atoms with Crippen molar-refractivity contribution in [3.8, 4) is 91.5 Å². The van der Waals surface area contributed by atoms with E-state index in [1.807, 2.05) is 0 Å². The number of benzene rings is 4. The Labute approximate surface area is 588 Å². The largest absolute Gasteiger partial charge is 2.00 e. The van der Waals surface area contributed by atoms with Crippen molar-refractivity contribution in [2.75, 3.05) is 54.3 Å². The predicted molar refractivity (Wildman–Crippen MR) is 393 cm³/mol. The van der Waals surface area contributed by atoms with Gasteiger partial charge in [-0.3, -0.25) is 0 Å². The zero-order chi connectivity index (χ0) is 70.1. The van der Waals surface area contributed by atoms with Crippen LogP contribution < -0.4 is 47.9 Å². The van der Waals surface area contributed by atoms with Crippen molar-refractivity contribution < 1.29 is 89.8 Å². The fourth-order valence-corrected chi connectivity index (χ4v) is 12.4. The molecule has 9 rings (SSSR count). The van der Waals surface area contributed by atoms with E-state index in [9.17, 15) is 0 Å². The molecule has 33 heteroatoms. The molecule has 0 aliphatic carbocycles. The van der Waals surface area contributed by atoms with E-state index >= 15 is 0 Å². The summed E-state index contributed by atoms with van der Waals surface area (Å²) in [6, 6.07) is 14.4. The van der Waals surface area contributed by atoms with E-state index in [-0.39, 0.29) is 117 Å². The normalized spacial score (nSPS) is 13.1. The Hall–Kier alpha value is -5.45. The molecule has 3 aromatic heterocycles. The molecule has 0 saturated carbocycles. The number of hydrogen-bond acceptors (Lipinski definition) is 22. The third kappa shape index (κ3) is 21.3. The van der Waals surface area contributed by atoms with E-state index in [2.05, 4.69) is 157 Å². The van der Waals surface area contributed by atoms with Crippen LogP contribution in [0.1, 0.15) is 0 Å². The Morgan fingerprint density at radius 3 is 0.526 bits per heavy atom. The quantitative estimate of drug-likeness (QED) is 0.0280. The summed E-state index contributed by atoms with van der Waals surface area (Å²) in [5.41, 5.74) is 2.16. The van der Waals surface area contributed by atoms with Gasteiger partial charge in [0.15, 0.2) is 121 Å². The third-order valence-corrected chi connectivity index (χ3v) is 21.5. The Morgan fingerprint density at radius 2 is 0.371 bits per heavy atom. The summed E-state index contributed by atoms with van der Waals surface area (Å²) < 4.78 is 104. The van der Waals surface area contributed by atoms with E-state index in [1.54, 1.807) is 48.5 Å². The fraction of sp³-hybridized carbons (Fsp3) is 0.500. The average Bonchev–Trinajstić information content (AvgIpc) is 1.59. The molecule has 97 heavy (non-hydrogen) atoms. The summed E-state index contributed by atoms with van der Waals surface area (Å²) in [7, 11) is -17.1. The van der Waals surface area contributed by atoms with Crippen LogP contribution in [0.3, 0.4) is 0 Å². The minimum absolute atomic E-state index is 0. The zero-order valence-electron chi connectivity index (χ0n) is 60.7. The molecule has 0 saturated heterocycles. The summed E-state index contributed by atoms with van der Waals surface area (Å²) in [5, 5.41) is 1.64. The molecular weight excluding hydrogens is 1420 g/mol. The monoisotopic (exact) mass is 1510 g/mol. The Bertz CT molecular complexity index is 3620. The summed E-state index contributed by atoms with van der Waals surface area (Å²) in [6.45, 7) is 49.4.